The maximum atomic E-state index is 12.9. The Morgan fingerprint density at radius 3 is 2.00 bits per heavy atom. The minimum absolute atomic E-state index is 0. The molecule has 0 bridgehead atoms. The average molecular weight is 596 g/mol. The fourth-order valence-corrected chi connectivity index (χ4v) is 6.41. The molecule has 0 aromatic heterocycles. The molecule has 9 heteroatoms. The number of hydrogen-bond donors (Lipinski definition) is 2. The zero-order valence-electron chi connectivity index (χ0n) is 26.2. The van der Waals surface area contributed by atoms with Crippen molar-refractivity contribution in [3.05, 3.63) is 29.8 Å². The van der Waals surface area contributed by atoms with Gasteiger partial charge in [0.2, 0.25) is 11.8 Å². The van der Waals surface area contributed by atoms with E-state index >= 15 is 0 Å². The largest absolute Gasteiger partial charge is 0.351 e. The number of carbonyl (C=O) groups is 2. The van der Waals surface area contributed by atoms with Crippen molar-refractivity contribution in [2.45, 2.75) is 147 Å². The Hall–Kier alpha value is -1.97. The summed E-state index contributed by atoms with van der Waals surface area (Å²) in [6, 6.07) is 6.11. The molecular formula is C32H57N3O5S. The lowest BCUT2D eigenvalue weighted by atomic mass is 9.90. The Labute approximate surface area is 250 Å². The van der Waals surface area contributed by atoms with Gasteiger partial charge in [0.25, 0.3) is 10.1 Å². The first kappa shape index (κ1) is 37.1. The van der Waals surface area contributed by atoms with Crippen LogP contribution in [-0.4, -0.2) is 49.9 Å². The number of likely N-dealkylation sites (tertiary alicyclic amines) is 1. The predicted molar refractivity (Wildman–Crippen MR) is 167 cm³/mol. The van der Waals surface area contributed by atoms with Gasteiger partial charge in [-0.25, -0.2) is 0 Å². The molecule has 0 radical (unpaired) electrons. The van der Waals surface area contributed by atoms with Crippen molar-refractivity contribution >= 4 is 21.9 Å². The summed E-state index contributed by atoms with van der Waals surface area (Å²) in [7, 11) is -3.90. The molecular weight excluding hydrogens is 538 g/mol. The van der Waals surface area contributed by atoms with Crippen LogP contribution < -0.4 is 11.5 Å². The molecule has 1 atom stereocenters. The van der Waals surface area contributed by atoms with Crippen LogP contribution in [0.4, 0.5) is 0 Å². The molecule has 4 N–H and O–H groups in total. The first-order valence-electron chi connectivity index (χ1n) is 15.6. The number of nitrogens with zero attached hydrogens (tertiary/aromatic N) is 1. The Balaban J connectivity index is 0.00000840. The third kappa shape index (κ3) is 13.3. The molecule has 1 aliphatic heterocycles. The summed E-state index contributed by atoms with van der Waals surface area (Å²) in [4.78, 5) is 27.4. The van der Waals surface area contributed by atoms with E-state index in [1.807, 2.05) is 25.7 Å². The molecule has 1 aromatic rings. The number of unbranched alkanes of at least 4 members (excludes halogenated alkanes) is 11. The maximum Gasteiger partial charge on any atom is 0.296 e. The van der Waals surface area contributed by atoms with Gasteiger partial charge < -0.3 is 16.4 Å². The van der Waals surface area contributed by atoms with Crippen molar-refractivity contribution in [1.82, 2.24) is 16.4 Å². The summed E-state index contributed by atoms with van der Waals surface area (Å²) < 4.78 is 30.7. The van der Waals surface area contributed by atoms with Gasteiger partial charge >= 0.3 is 0 Å². The average Bonchev–Trinajstić information content (AvgIpc) is 3.35. The van der Waals surface area contributed by atoms with Crippen molar-refractivity contribution < 1.29 is 22.2 Å². The Morgan fingerprint density at radius 1 is 0.951 bits per heavy atom. The van der Waals surface area contributed by atoms with E-state index in [0.717, 1.165) is 31.2 Å². The monoisotopic (exact) mass is 595 g/mol. The molecule has 2 rings (SSSR count). The van der Waals surface area contributed by atoms with E-state index in [9.17, 15) is 18.0 Å². The van der Waals surface area contributed by atoms with E-state index in [1.165, 1.54) is 69.9 Å². The highest BCUT2D eigenvalue weighted by atomic mass is 32.2. The SMILES string of the molecule is CCCCCCCCCCCCCCC(=O)NC(CCOS(=O)(=O)c1ccc(C)cc1)C(C)(C)N1CCCC1=O.N. The van der Waals surface area contributed by atoms with Crippen LogP contribution in [-0.2, 0) is 23.9 Å². The number of carbonyl (C=O) groups excluding carboxylic acids is 2. The van der Waals surface area contributed by atoms with E-state index in [-0.39, 0.29) is 35.9 Å². The second-order valence-electron chi connectivity index (χ2n) is 11.9. The summed E-state index contributed by atoms with van der Waals surface area (Å²) in [5, 5.41) is 3.12. The number of nitrogens with one attached hydrogen (secondary N) is 1. The number of hydrogen-bond acceptors (Lipinski definition) is 6. The van der Waals surface area contributed by atoms with E-state index < -0.39 is 21.7 Å². The van der Waals surface area contributed by atoms with Gasteiger partial charge in [-0.05, 0) is 52.2 Å². The molecule has 0 saturated carbocycles. The molecule has 1 unspecified atom stereocenters. The van der Waals surface area contributed by atoms with Gasteiger partial charge in [-0.1, -0.05) is 95.2 Å². The topological polar surface area (TPSA) is 128 Å². The lowest BCUT2D eigenvalue weighted by Gasteiger charge is -2.42. The van der Waals surface area contributed by atoms with Crippen LogP contribution in [0.3, 0.4) is 0 Å². The van der Waals surface area contributed by atoms with Gasteiger partial charge in [-0.15, -0.1) is 0 Å². The van der Waals surface area contributed by atoms with Crippen LogP contribution >= 0.6 is 0 Å². The van der Waals surface area contributed by atoms with E-state index in [1.54, 1.807) is 12.1 Å². The Morgan fingerprint density at radius 2 is 1.49 bits per heavy atom. The quantitative estimate of drug-likeness (QED) is 0.114. The summed E-state index contributed by atoms with van der Waals surface area (Å²) in [6.45, 7) is 8.59. The molecule has 0 aliphatic carbocycles. The second-order valence-corrected chi connectivity index (χ2v) is 13.6. The summed E-state index contributed by atoms with van der Waals surface area (Å²) in [5.74, 6) is 0.0107. The summed E-state index contributed by atoms with van der Waals surface area (Å²) in [5.41, 5.74) is 0.309. The Kier molecular flexibility index (Phi) is 17.4. The number of amides is 2. The van der Waals surface area contributed by atoms with Gasteiger partial charge in [-0.2, -0.15) is 8.42 Å². The van der Waals surface area contributed by atoms with Crippen molar-refractivity contribution in [3.63, 3.8) is 0 Å². The summed E-state index contributed by atoms with van der Waals surface area (Å²) in [6.07, 6.45) is 16.9. The van der Waals surface area contributed by atoms with Gasteiger partial charge in [0.05, 0.1) is 23.1 Å². The molecule has 1 aromatic carbocycles. The highest BCUT2D eigenvalue weighted by molar-refractivity contribution is 7.86. The van der Waals surface area contributed by atoms with Crippen LogP contribution in [0, 0.1) is 6.92 Å². The molecule has 0 spiro atoms. The molecule has 1 fully saturated rings. The Bertz CT molecular complexity index is 995. The molecule has 1 heterocycles. The van der Waals surface area contributed by atoms with Gasteiger partial charge in [0, 0.05) is 19.4 Å². The minimum Gasteiger partial charge on any atom is -0.351 e. The zero-order chi connectivity index (χ0) is 29.4. The molecule has 8 nitrogen and oxygen atoms in total. The normalized spacial score (nSPS) is 14.6. The number of benzene rings is 1. The summed E-state index contributed by atoms with van der Waals surface area (Å²) >= 11 is 0. The molecule has 41 heavy (non-hydrogen) atoms. The molecule has 1 saturated heterocycles. The molecule has 236 valence electrons. The van der Waals surface area contributed by atoms with Crippen LogP contribution in [0.5, 0.6) is 0 Å². The second kappa shape index (κ2) is 19.3. The molecule has 1 aliphatic rings. The van der Waals surface area contributed by atoms with Crippen LogP contribution in [0.15, 0.2) is 29.2 Å². The predicted octanol–water partition coefficient (Wildman–Crippen LogP) is 7.23. The standard InChI is InChI=1S/C32H54N2O5S.H3N/c1-5-6-7-8-9-10-11-12-13-14-15-16-18-30(35)33-29(32(3,4)34-25-17-19-31(34)36)24-26-39-40(37,38)28-22-20-27(2)21-23-28;/h20-23,29H,5-19,24-26H2,1-4H3,(H,33,35);1H3. The first-order chi connectivity index (χ1) is 19.1. The highest BCUT2D eigenvalue weighted by Gasteiger charge is 2.40. The number of rotatable bonds is 21. The van der Waals surface area contributed by atoms with Crippen molar-refractivity contribution in [2.24, 2.45) is 0 Å². The van der Waals surface area contributed by atoms with Gasteiger partial charge in [0.15, 0.2) is 0 Å². The van der Waals surface area contributed by atoms with Gasteiger partial charge in [-0.3, -0.25) is 13.8 Å². The van der Waals surface area contributed by atoms with E-state index in [2.05, 4.69) is 12.2 Å². The highest BCUT2D eigenvalue weighted by Crippen LogP contribution is 2.28. The third-order valence-corrected chi connectivity index (χ3v) is 9.50. The van der Waals surface area contributed by atoms with Crippen molar-refractivity contribution in [2.75, 3.05) is 13.2 Å². The molecule has 2 amide bonds. The maximum absolute atomic E-state index is 12.9. The first-order valence-corrected chi connectivity index (χ1v) is 17.0. The van der Waals surface area contributed by atoms with Crippen molar-refractivity contribution in [1.29, 1.82) is 0 Å². The number of aryl methyl sites for hydroxylation is 1. The lowest BCUT2D eigenvalue weighted by Crippen LogP contribution is -2.59. The van der Waals surface area contributed by atoms with Gasteiger partial charge in [0.1, 0.15) is 0 Å². The van der Waals surface area contributed by atoms with Crippen LogP contribution in [0.25, 0.3) is 0 Å². The lowest BCUT2D eigenvalue weighted by molar-refractivity contribution is -0.135. The van der Waals surface area contributed by atoms with E-state index in [4.69, 9.17) is 4.18 Å². The van der Waals surface area contributed by atoms with Crippen LogP contribution in [0.2, 0.25) is 0 Å². The fourth-order valence-electron chi connectivity index (χ4n) is 5.49. The van der Waals surface area contributed by atoms with Crippen LogP contribution in [0.1, 0.15) is 129 Å². The fraction of sp³-hybridized carbons (Fsp3) is 0.750. The minimum atomic E-state index is -3.90. The van der Waals surface area contributed by atoms with Crippen molar-refractivity contribution in [3.8, 4) is 0 Å². The third-order valence-electron chi connectivity index (χ3n) is 8.17. The van der Waals surface area contributed by atoms with E-state index in [0.29, 0.717) is 19.4 Å². The smallest absolute Gasteiger partial charge is 0.296 e. The zero-order valence-corrected chi connectivity index (χ0v) is 27.0.